The molecular formula is C23H24FN5O5S. The fraction of sp³-hybridized carbons (Fsp3) is 0.304. The summed E-state index contributed by atoms with van der Waals surface area (Å²) in [5.41, 5.74) is 0.0185. The number of hydrogen-bond acceptors (Lipinski definition) is 7. The molecule has 2 amide bonds. The van der Waals surface area contributed by atoms with Gasteiger partial charge in [-0.1, -0.05) is 12.5 Å². The van der Waals surface area contributed by atoms with Gasteiger partial charge in [-0.15, -0.1) is 0 Å². The summed E-state index contributed by atoms with van der Waals surface area (Å²) in [7, 11) is -2.48. The van der Waals surface area contributed by atoms with E-state index < -0.39 is 39.1 Å². The van der Waals surface area contributed by atoms with E-state index in [1.807, 2.05) is 0 Å². The van der Waals surface area contributed by atoms with Crippen LogP contribution in [-0.4, -0.2) is 54.7 Å². The minimum absolute atomic E-state index is 0.0180. The molecule has 0 saturated carbocycles. The third kappa shape index (κ3) is 5.02. The fourth-order valence-electron chi connectivity index (χ4n) is 3.83. The van der Waals surface area contributed by atoms with Crippen molar-refractivity contribution in [3.8, 4) is 5.75 Å². The Kier molecular flexibility index (Phi) is 6.83. The van der Waals surface area contributed by atoms with E-state index in [-0.39, 0.29) is 41.1 Å². The molecule has 0 saturated heterocycles. The van der Waals surface area contributed by atoms with Crippen molar-refractivity contribution in [2.75, 3.05) is 23.7 Å². The molecule has 3 aromatic rings. The van der Waals surface area contributed by atoms with Gasteiger partial charge in [0, 0.05) is 37.3 Å². The second-order valence-corrected chi connectivity index (χ2v) is 10.2. The zero-order valence-electron chi connectivity index (χ0n) is 18.9. The van der Waals surface area contributed by atoms with Crippen molar-refractivity contribution in [1.29, 1.82) is 0 Å². The number of rotatable bonds is 0. The van der Waals surface area contributed by atoms with Crippen LogP contribution in [0.5, 0.6) is 5.75 Å². The summed E-state index contributed by atoms with van der Waals surface area (Å²) in [6.45, 7) is 0.121. The van der Waals surface area contributed by atoms with Crippen molar-refractivity contribution in [3.63, 3.8) is 0 Å². The van der Waals surface area contributed by atoms with Crippen LogP contribution in [0.25, 0.3) is 10.9 Å². The lowest BCUT2D eigenvalue weighted by atomic mass is 10.1. The van der Waals surface area contributed by atoms with Crippen molar-refractivity contribution in [3.05, 3.63) is 59.2 Å². The van der Waals surface area contributed by atoms with Crippen molar-refractivity contribution >= 4 is 38.6 Å². The van der Waals surface area contributed by atoms with Gasteiger partial charge in [0.15, 0.2) is 17.3 Å². The molecule has 0 aliphatic carbocycles. The second-order valence-electron chi connectivity index (χ2n) is 8.12. The Bertz CT molecular complexity index is 1410. The Hall–Kier alpha value is -3.80. The first-order chi connectivity index (χ1) is 16.7. The van der Waals surface area contributed by atoms with Gasteiger partial charge >= 0.3 is 0 Å². The Balaban J connectivity index is 1.81. The van der Waals surface area contributed by atoms with Crippen molar-refractivity contribution in [1.82, 2.24) is 20.6 Å². The van der Waals surface area contributed by atoms with E-state index in [9.17, 15) is 27.5 Å². The topological polar surface area (TPSA) is 142 Å². The summed E-state index contributed by atoms with van der Waals surface area (Å²) >= 11 is 0. The Morgan fingerprint density at radius 3 is 2.69 bits per heavy atom. The number of nitrogens with one attached hydrogen (secondary N) is 2. The van der Waals surface area contributed by atoms with Crippen LogP contribution in [0.1, 0.15) is 45.7 Å². The first-order valence-corrected chi connectivity index (χ1v) is 12.6. The van der Waals surface area contributed by atoms with E-state index in [4.69, 9.17) is 0 Å². The van der Waals surface area contributed by atoms with Crippen LogP contribution >= 0.6 is 0 Å². The predicted molar refractivity (Wildman–Crippen MR) is 127 cm³/mol. The van der Waals surface area contributed by atoms with Crippen LogP contribution < -0.4 is 14.9 Å². The van der Waals surface area contributed by atoms with E-state index in [2.05, 4.69) is 20.6 Å². The van der Waals surface area contributed by atoms with Crippen LogP contribution in [0.4, 0.5) is 10.2 Å². The molecule has 1 aromatic carbocycles. The Morgan fingerprint density at radius 1 is 1.09 bits per heavy atom. The highest BCUT2D eigenvalue weighted by molar-refractivity contribution is 7.92. The summed E-state index contributed by atoms with van der Waals surface area (Å²) in [6.07, 6.45) is 2.79. The van der Waals surface area contributed by atoms with Crippen LogP contribution in [0, 0.1) is 5.82 Å². The number of aromatic hydroxyl groups is 1. The lowest BCUT2D eigenvalue weighted by molar-refractivity contribution is 0.0930. The molecule has 4 rings (SSSR count). The van der Waals surface area contributed by atoms with Gasteiger partial charge in [-0.05, 0) is 42.7 Å². The molecule has 0 atom stereocenters. The van der Waals surface area contributed by atoms with E-state index in [0.717, 1.165) is 10.4 Å². The van der Waals surface area contributed by atoms with E-state index in [1.165, 1.54) is 25.4 Å². The van der Waals surface area contributed by atoms with Gasteiger partial charge in [0.25, 0.3) is 11.8 Å². The van der Waals surface area contributed by atoms with E-state index in [1.54, 1.807) is 12.1 Å². The second kappa shape index (κ2) is 9.82. The van der Waals surface area contributed by atoms with Crippen LogP contribution in [-0.2, 0) is 16.6 Å². The molecule has 0 fully saturated rings. The molecule has 0 spiro atoms. The summed E-state index contributed by atoms with van der Waals surface area (Å²) in [6, 6.07) is 6.78. The lowest BCUT2D eigenvalue weighted by Gasteiger charge is -2.21. The normalized spacial score (nSPS) is 17.3. The quantitative estimate of drug-likeness (QED) is 0.428. The third-order valence-electron chi connectivity index (χ3n) is 5.77. The predicted octanol–water partition coefficient (Wildman–Crippen LogP) is 2.08. The minimum Gasteiger partial charge on any atom is -0.504 e. The van der Waals surface area contributed by atoms with Gasteiger partial charge in [0.1, 0.15) is 11.3 Å². The number of nitrogens with zero attached hydrogens (tertiary/aromatic N) is 3. The number of amides is 2. The average Bonchev–Trinajstić information content (AvgIpc) is 2.84. The fourth-order valence-corrected chi connectivity index (χ4v) is 5.07. The number of fused-ring (bicyclic) bond motifs is 5. The molecule has 3 heterocycles. The molecule has 1 aliphatic rings. The maximum absolute atomic E-state index is 13.8. The van der Waals surface area contributed by atoms with Gasteiger partial charge < -0.3 is 15.7 Å². The number of halogens is 1. The van der Waals surface area contributed by atoms with Gasteiger partial charge in [0.2, 0.25) is 10.0 Å². The SMILES string of the molecule is CN1c2nc(c(O)c3ncccc23)C(=O)NCc2ccc(F)cc2C(=O)NCCCCCS1(=O)=O. The number of carbonyl (C=O) groups is 2. The molecule has 3 N–H and O–H groups in total. The molecular weight excluding hydrogens is 477 g/mol. The molecule has 12 heteroatoms. The highest BCUT2D eigenvalue weighted by Crippen LogP contribution is 2.33. The number of sulfonamides is 1. The van der Waals surface area contributed by atoms with E-state index >= 15 is 0 Å². The van der Waals surface area contributed by atoms with Crippen molar-refractivity contribution in [2.45, 2.75) is 25.8 Å². The third-order valence-corrected chi connectivity index (χ3v) is 7.58. The molecule has 0 unspecified atom stereocenters. The Labute approximate surface area is 201 Å². The van der Waals surface area contributed by atoms with E-state index in [0.29, 0.717) is 24.8 Å². The smallest absolute Gasteiger partial charge is 0.274 e. The maximum Gasteiger partial charge on any atom is 0.274 e. The number of pyridine rings is 2. The first-order valence-electron chi connectivity index (χ1n) is 11.0. The average molecular weight is 502 g/mol. The number of hydrogen-bond donors (Lipinski definition) is 3. The Morgan fingerprint density at radius 2 is 1.89 bits per heavy atom. The highest BCUT2D eigenvalue weighted by atomic mass is 32.2. The largest absolute Gasteiger partial charge is 0.504 e. The summed E-state index contributed by atoms with van der Waals surface area (Å²) < 4.78 is 40.8. The monoisotopic (exact) mass is 501 g/mol. The van der Waals surface area contributed by atoms with Crippen LogP contribution in [0.3, 0.4) is 0 Å². The molecule has 1 aliphatic heterocycles. The summed E-state index contributed by atoms with van der Waals surface area (Å²) in [5.74, 6) is -2.67. The minimum atomic E-state index is -3.81. The molecule has 2 bridgehead atoms. The number of anilines is 1. The molecule has 10 nitrogen and oxygen atoms in total. The number of aromatic nitrogens is 2. The lowest BCUT2D eigenvalue weighted by Crippen LogP contribution is -2.31. The van der Waals surface area contributed by atoms with Gasteiger partial charge in [-0.3, -0.25) is 18.9 Å². The zero-order chi connectivity index (χ0) is 25.2. The number of benzene rings is 1. The van der Waals surface area contributed by atoms with Crippen LogP contribution in [0.15, 0.2) is 36.5 Å². The molecule has 2 aromatic heterocycles. The van der Waals surface area contributed by atoms with Crippen LogP contribution in [0.2, 0.25) is 0 Å². The maximum atomic E-state index is 13.8. The molecule has 35 heavy (non-hydrogen) atoms. The molecule has 184 valence electrons. The van der Waals surface area contributed by atoms with Gasteiger partial charge in [0.05, 0.1) is 5.75 Å². The molecule has 0 radical (unpaired) electrons. The van der Waals surface area contributed by atoms with Crippen molar-refractivity contribution in [2.24, 2.45) is 0 Å². The summed E-state index contributed by atoms with van der Waals surface area (Å²) in [5, 5.41) is 16.3. The number of carbonyl (C=O) groups excluding carboxylic acids is 2. The van der Waals surface area contributed by atoms with Gasteiger partial charge in [-0.2, -0.15) is 0 Å². The van der Waals surface area contributed by atoms with Gasteiger partial charge in [-0.25, -0.2) is 17.8 Å². The first kappa shape index (κ1) is 24.3. The highest BCUT2D eigenvalue weighted by Gasteiger charge is 2.27. The standard InChI is InChI=1S/C23H24FN5O5S/c1-29-21-16-6-5-10-25-18(16)20(30)19(28-21)23(32)27-13-14-7-8-15(24)12-17(14)22(31)26-9-3-2-4-11-35(29,33)34/h5-8,10,12,30H,2-4,9,11,13H2,1H3,(H,26,31)(H,27,32). The zero-order valence-corrected chi connectivity index (χ0v) is 19.7. The summed E-state index contributed by atoms with van der Waals surface area (Å²) in [4.78, 5) is 33.9. The van der Waals surface area contributed by atoms with Crippen molar-refractivity contribution < 1.29 is 27.5 Å².